The first-order valence-electron chi connectivity index (χ1n) is 6.34. The Balaban J connectivity index is 2.10. The third kappa shape index (κ3) is 3.92. The average Bonchev–Trinajstić information content (AvgIpc) is 2.43. The second-order valence-electron chi connectivity index (χ2n) is 4.65. The van der Waals surface area contributed by atoms with Gasteiger partial charge in [0.15, 0.2) is 0 Å². The summed E-state index contributed by atoms with van der Waals surface area (Å²) >= 11 is 3.27. The van der Waals surface area contributed by atoms with Gasteiger partial charge in [-0.25, -0.2) is 4.79 Å². The number of benzene rings is 2. The molecule has 0 unspecified atom stereocenters. The molecule has 0 heterocycles. The number of amides is 1. The zero-order valence-corrected chi connectivity index (χ0v) is 13.0. The Morgan fingerprint density at radius 3 is 2.52 bits per heavy atom. The van der Waals surface area contributed by atoms with Gasteiger partial charge in [-0.1, -0.05) is 24.3 Å². The fraction of sp³-hybridized carbons (Fsp3) is 0.125. The van der Waals surface area contributed by atoms with Crippen LogP contribution in [-0.4, -0.2) is 17.0 Å². The molecule has 21 heavy (non-hydrogen) atoms. The molecule has 0 fully saturated rings. The molecular formula is C16H14BrNO3. The summed E-state index contributed by atoms with van der Waals surface area (Å²) in [5.41, 5.74) is 2.75. The maximum absolute atomic E-state index is 12.1. The lowest BCUT2D eigenvalue weighted by Gasteiger charge is -2.09. The molecule has 0 spiro atoms. The van der Waals surface area contributed by atoms with Crippen LogP contribution in [0.1, 0.15) is 21.5 Å². The van der Waals surface area contributed by atoms with Crippen molar-refractivity contribution in [1.82, 2.24) is 0 Å². The van der Waals surface area contributed by atoms with Gasteiger partial charge in [-0.2, -0.15) is 0 Å². The molecule has 0 saturated carbocycles. The van der Waals surface area contributed by atoms with Crippen LogP contribution in [0, 0.1) is 6.92 Å². The van der Waals surface area contributed by atoms with Crippen molar-refractivity contribution in [3.8, 4) is 0 Å². The predicted octanol–water partition coefficient (Wildman–Crippen LogP) is 3.64. The van der Waals surface area contributed by atoms with E-state index in [1.54, 1.807) is 6.07 Å². The molecule has 108 valence electrons. The summed E-state index contributed by atoms with van der Waals surface area (Å²) in [5.74, 6) is -1.15. The largest absolute Gasteiger partial charge is 0.478 e. The minimum Gasteiger partial charge on any atom is -0.478 e. The molecular weight excluding hydrogens is 334 g/mol. The third-order valence-electron chi connectivity index (χ3n) is 3.10. The highest BCUT2D eigenvalue weighted by molar-refractivity contribution is 9.10. The summed E-state index contributed by atoms with van der Waals surface area (Å²) in [5, 5.41) is 11.7. The van der Waals surface area contributed by atoms with Crippen LogP contribution in [0.3, 0.4) is 0 Å². The molecule has 5 heteroatoms. The molecule has 2 aromatic rings. The molecule has 0 aliphatic rings. The van der Waals surface area contributed by atoms with Crippen LogP contribution in [0.5, 0.6) is 0 Å². The van der Waals surface area contributed by atoms with Crippen molar-refractivity contribution in [2.75, 3.05) is 5.32 Å². The molecule has 1 amide bonds. The Hall–Kier alpha value is -2.14. The van der Waals surface area contributed by atoms with E-state index < -0.39 is 5.97 Å². The van der Waals surface area contributed by atoms with E-state index in [0.717, 1.165) is 11.1 Å². The monoisotopic (exact) mass is 347 g/mol. The van der Waals surface area contributed by atoms with Crippen LogP contribution in [0.2, 0.25) is 0 Å². The molecule has 0 atom stereocenters. The standard InChI is InChI=1S/C16H14BrNO3/c1-10-4-2-3-5-11(10)9-15(19)18-14-7-6-12(16(20)21)8-13(14)17/h2-8H,9H2,1H3,(H,18,19)(H,20,21). The zero-order valence-electron chi connectivity index (χ0n) is 11.4. The molecule has 0 aliphatic carbocycles. The number of hydrogen-bond acceptors (Lipinski definition) is 2. The fourth-order valence-corrected chi connectivity index (χ4v) is 2.40. The van der Waals surface area contributed by atoms with Gasteiger partial charge in [0, 0.05) is 4.47 Å². The number of carboxylic acids is 1. The van der Waals surface area contributed by atoms with E-state index in [1.165, 1.54) is 12.1 Å². The molecule has 0 bridgehead atoms. The molecule has 0 saturated heterocycles. The second-order valence-corrected chi connectivity index (χ2v) is 5.51. The first kappa shape index (κ1) is 15.3. The van der Waals surface area contributed by atoms with Gasteiger partial charge in [0.1, 0.15) is 0 Å². The lowest BCUT2D eigenvalue weighted by atomic mass is 10.1. The second kappa shape index (κ2) is 6.54. The molecule has 0 radical (unpaired) electrons. The van der Waals surface area contributed by atoms with Gasteiger partial charge in [0.05, 0.1) is 17.7 Å². The first-order valence-corrected chi connectivity index (χ1v) is 7.14. The van der Waals surface area contributed by atoms with Gasteiger partial charge in [-0.05, 0) is 52.2 Å². The van der Waals surface area contributed by atoms with Crippen molar-refractivity contribution in [3.63, 3.8) is 0 Å². The van der Waals surface area contributed by atoms with Crippen LogP contribution < -0.4 is 5.32 Å². The Kier molecular flexibility index (Phi) is 4.75. The highest BCUT2D eigenvalue weighted by atomic mass is 79.9. The predicted molar refractivity (Wildman–Crippen MR) is 84.6 cm³/mol. The van der Waals surface area contributed by atoms with Gasteiger partial charge in [-0.3, -0.25) is 4.79 Å². The molecule has 4 nitrogen and oxygen atoms in total. The number of halogens is 1. The number of aromatic carboxylic acids is 1. The van der Waals surface area contributed by atoms with Gasteiger partial charge in [0.25, 0.3) is 0 Å². The number of hydrogen-bond donors (Lipinski definition) is 2. The van der Waals surface area contributed by atoms with Gasteiger partial charge in [-0.15, -0.1) is 0 Å². The SMILES string of the molecule is Cc1ccccc1CC(=O)Nc1ccc(C(=O)O)cc1Br. The highest BCUT2D eigenvalue weighted by Gasteiger charge is 2.10. The van der Waals surface area contributed by atoms with E-state index >= 15 is 0 Å². The molecule has 2 aromatic carbocycles. The van der Waals surface area contributed by atoms with Crippen LogP contribution in [0.25, 0.3) is 0 Å². The smallest absolute Gasteiger partial charge is 0.335 e. The molecule has 2 N–H and O–H groups in total. The minimum atomic E-state index is -1.01. The number of carboxylic acid groups (broad SMARTS) is 1. The van der Waals surface area contributed by atoms with Crippen molar-refractivity contribution >= 4 is 33.5 Å². The summed E-state index contributed by atoms with van der Waals surface area (Å²) in [6.07, 6.45) is 0.278. The lowest BCUT2D eigenvalue weighted by Crippen LogP contribution is -2.15. The van der Waals surface area contributed by atoms with Crippen LogP contribution in [-0.2, 0) is 11.2 Å². The number of carbonyl (C=O) groups excluding carboxylic acids is 1. The Labute approximate surface area is 130 Å². The van der Waals surface area contributed by atoms with Crippen molar-refractivity contribution in [2.45, 2.75) is 13.3 Å². The van der Waals surface area contributed by atoms with E-state index in [9.17, 15) is 9.59 Å². The average molecular weight is 348 g/mol. The van der Waals surface area contributed by atoms with Gasteiger partial charge < -0.3 is 10.4 Å². The van der Waals surface area contributed by atoms with E-state index in [-0.39, 0.29) is 17.9 Å². The van der Waals surface area contributed by atoms with Crippen LogP contribution >= 0.6 is 15.9 Å². The number of rotatable bonds is 4. The van der Waals surface area contributed by atoms with Crippen molar-refractivity contribution in [3.05, 3.63) is 63.6 Å². The number of carbonyl (C=O) groups is 2. The number of aryl methyl sites for hydroxylation is 1. The summed E-state index contributed by atoms with van der Waals surface area (Å²) in [4.78, 5) is 22.9. The maximum atomic E-state index is 12.1. The fourth-order valence-electron chi connectivity index (χ4n) is 1.93. The maximum Gasteiger partial charge on any atom is 0.335 e. The molecule has 0 aliphatic heterocycles. The van der Waals surface area contributed by atoms with Crippen molar-refractivity contribution < 1.29 is 14.7 Å². The van der Waals surface area contributed by atoms with E-state index in [4.69, 9.17) is 5.11 Å². The third-order valence-corrected chi connectivity index (χ3v) is 3.76. The van der Waals surface area contributed by atoms with E-state index in [1.807, 2.05) is 31.2 Å². The Bertz CT molecular complexity index is 698. The van der Waals surface area contributed by atoms with Crippen LogP contribution in [0.4, 0.5) is 5.69 Å². The normalized spacial score (nSPS) is 10.2. The highest BCUT2D eigenvalue weighted by Crippen LogP contribution is 2.24. The summed E-state index contributed by atoms with van der Waals surface area (Å²) in [6, 6.07) is 12.2. The summed E-state index contributed by atoms with van der Waals surface area (Å²) in [6.45, 7) is 1.96. The van der Waals surface area contributed by atoms with E-state index in [2.05, 4.69) is 21.2 Å². The number of nitrogens with one attached hydrogen (secondary N) is 1. The van der Waals surface area contributed by atoms with Gasteiger partial charge in [0.2, 0.25) is 5.91 Å². The van der Waals surface area contributed by atoms with Gasteiger partial charge >= 0.3 is 5.97 Å². The molecule has 2 rings (SSSR count). The summed E-state index contributed by atoms with van der Waals surface area (Å²) < 4.78 is 0.542. The van der Waals surface area contributed by atoms with E-state index in [0.29, 0.717) is 10.2 Å². The minimum absolute atomic E-state index is 0.145. The quantitative estimate of drug-likeness (QED) is 0.887. The van der Waals surface area contributed by atoms with Crippen molar-refractivity contribution in [2.24, 2.45) is 0 Å². The number of anilines is 1. The first-order chi connectivity index (χ1) is 9.97. The lowest BCUT2D eigenvalue weighted by molar-refractivity contribution is -0.115. The Morgan fingerprint density at radius 1 is 1.19 bits per heavy atom. The Morgan fingerprint density at radius 2 is 1.90 bits per heavy atom. The molecule has 0 aromatic heterocycles. The van der Waals surface area contributed by atoms with Crippen LogP contribution in [0.15, 0.2) is 46.9 Å². The summed E-state index contributed by atoms with van der Waals surface area (Å²) in [7, 11) is 0. The topological polar surface area (TPSA) is 66.4 Å². The zero-order chi connectivity index (χ0) is 15.4. The van der Waals surface area contributed by atoms with Crippen molar-refractivity contribution in [1.29, 1.82) is 0 Å².